The molecular formula is C12H15FO. The van der Waals surface area contributed by atoms with Gasteiger partial charge in [0.15, 0.2) is 0 Å². The predicted octanol–water partition coefficient (Wildman–Crippen LogP) is 3.13. The Morgan fingerprint density at radius 2 is 2.00 bits per heavy atom. The zero-order valence-electron chi connectivity index (χ0n) is 8.59. The Bertz CT molecular complexity index is 303. The first-order valence-corrected chi connectivity index (χ1v) is 4.55. The van der Waals surface area contributed by atoms with Gasteiger partial charge in [0.2, 0.25) is 0 Å². The van der Waals surface area contributed by atoms with Crippen LogP contribution in [0.1, 0.15) is 18.4 Å². The first-order valence-electron chi connectivity index (χ1n) is 4.55. The molecule has 1 aromatic carbocycles. The molecule has 0 amide bonds. The van der Waals surface area contributed by atoms with Crippen molar-refractivity contribution < 1.29 is 9.13 Å². The molecule has 0 aromatic heterocycles. The van der Waals surface area contributed by atoms with E-state index in [1.807, 2.05) is 6.92 Å². The minimum atomic E-state index is -0.216. The number of hydrogen-bond donors (Lipinski definition) is 0. The zero-order chi connectivity index (χ0) is 10.6. The van der Waals surface area contributed by atoms with Gasteiger partial charge in [-0.3, -0.25) is 0 Å². The van der Waals surface area contributed by atoms with Crippen molar-refractivity contribution in [3.63, 3.8) is 0 Å². The van der Waals surface area contributed by atoms with E-state index in [0.29, 0.717) is 6.61 Å². The molecule has 2 heteroatoms. The third-order valence-corrected chi connectivity index (χ3v) is 2.20. The average molecular weight is 194 g/mol. The van der Waals surface area contributed by atoms with Crippen molar-refractivity contribution >= 4 is 0 Å². The van der Waals surface area contributed by atoms with Crippen LogP contribution in [0.25, 0.3) is 0 Å². The van der Waals surface area contributed by atoms with Crippen molar-refractivity contribution in [2.75, 3.05) is 13.7 Å². The van der Waals surface area contributed by atoms with Crippen molar-refractivity contribution in [1.29, 1.82) is 0 Å². The van der Waals surface area contributed by atoms with Crippen LogP contribution in [-0.4, -0.2) is 13.7 Å². The van der Waals surface area contributed by atoms with E-state index in [1.54, 1.807) is 19.2 Å². The molecule has 0 aliphatic heterocycles. The molecule has 0 bridgehead atoms. The van der Waals surface area contributed by atoms with E-state index in [-0.39, 0.29) is 11.7 Å². The molecule has 0 unspecified atom stereocenters. The molecular weight excluding hydrogens is 179 g/mol. The van der Waals surface area contributed by atoms with Crippen LogP contribution in [0.4, 0.5) is 4.39 Å². The Morgan fingerprint density at radius 1 is 1.43 bits per heavy atom. The molecule has 0 heterocycles. The maximum Gasteiger partial charge on any atom is 0.123 e. The van der Waals surface area contributed by atoms with Gasteiger partial charge in [0.05, 0.1) is 6.61 Å². The Hall–Kier alpha value is -1.15. The highest BCUT2D eigenvalue weighted by atomic mass is 19.1. The lowest BCUT2D eigenvalue weighted by Gasteiger charge is -2.16. The second kappa shape index (κ2) is 4.91. The molecule has 0 aliphatic carbocycles. The topological polar surface area (TPSA) is 9.23 Å². The largest absolute Gasteiger partial charge is 0.384 e. The summed E-state index contributed by atoms with van der Waals surface area (Å²) in [6.45, 7) is 6.43. The summed E-state index contributed by atoms with van der Waals surface area (Å²) in [6.07, 6.45) is 0. The molecule has 0 saturated carbocycles. The second-order valence-electron chi connectivity index (χ2n) is 3.41. The van der Waals surface area contributed by atoms with Gasteiger partial charge in [0, 0.05) is 13.0 Å². The van der Waals surface area contributed by atoms with E-state index in [1.165, 1.54) is 12.1 Å². The lowest BCUT2D eigenvalue weighted by atomic mass is 9.94. The fourth-order valence-electron chi connectivity index (χ4n) is 1.38. The summed E-state index contributed by atoms with van der Waals surface area (Å²) in [5, 5.41) is 0. The molecule has 1 rings (SSSR count). The van der Waals surface area contributed by atoms with Crippen molar-refractivity contribution in [3.05, 3.63) is 47.8 Å². The van der Waals surface area contributed by atoms with E-state index in [4.69, 9.17) is 4.74 Å². The van der Waals surface area contributed by atoms with E-state index >= 15 is 0 Å². The van der Waals surface area contributed by atoms with Gasteiger partial charge in [-0.25, -0.2) is 4.39 Å². The highest BCUT2D eigenvalue weighted by Crippen LogP contribution is 2.23. The van der Waals surface area contributed by atoms with E-state index < -0.39 is 0 Å². The molecule has 1 aromatic rings. The molecule has 0 spiro atoms. The number of ether oxygens (including phenoxy) is 1. The van der Waals surface area contributed by atoms with Crippen LogP contribution in [0.15, 0.2) is 36.4 Å². The number of halogens is 1. The van der Waals surface area contributed by atoms with E-state index in [2.05, 4.69) is 6.58 Å². The van der Waals surface area contributed by atoms with Gasteiger partial charge in [-0.15, -0.1) is 0 Å². The van der Waals surface area contributed by atoms with Crippen LogP contribution in [-0.2, 0) is 4.74 Å². The Labute approximate surface area is 84.2 Å². The first-order chi connectivity index (χ1) is 6.65. The fourth-order valence-corrected chi connectivity index (χ4v) is 1.38. The Kier molecular flexibility index (Phi) is 3.84. The number of benzene rings is 1. The van der Waals surface area contributed by atoms with Gasteiger partial charge >= 0.3 is 0 Å². The standard InChI is InChI=1S/C12H15FO/c1-9(2)12(8-14-3)10-4-6-11(13)7-5-10/h4-7,12H,1,8H2,2-3H3/t12-/m1/s1. The number of rotatable bonds is 4. The SMILES string of the molecule is C=C(C)[C@@H](COC)c1ccc(F)cc1. The van der Waals surface area contributed by atoms with Crippen LogP contribution in [0.2, 0.25) is 0 Å². The molecule has 0 saturated heterocycles. The van der Waals surface area contributed by atoms with Crippen LogP contribution >= 0.6 is 0 Å². The minimum absolute atomic E-state index is 0.153. The number of hydrogen-bond acceptors (Lipinski definition) is 1. The van der Waals surface area contributed by atoms with Crippen LogP contribution in [0.5, 0.6) is 0 Å². The van der Waals surface area contributed by atoms with Gasteiger partial charge in [0.25, 0.3) is 0 Å². The van der Waals surface area contributed by atoms with Crippen LogP contribution in [0.3, 0.4) is 0 Å². The highest BCUT2D eigenvalue weighted by molar-refractivity contribution is 5.27. The minimum Gasteiger partial charge on any atom is -0.384 e. The van der Waals surface area contributed by atoms with E-state index in [0.717, 1.165) is 11.1 Å². The van der Waals surface area contributed by atoms with E-state index in [9.17, 15) is 4.39 Å². The van der Waals surface area contributed by atoms with Gasteiger partial charge in [0.1, 0.15) is 5.82 Å². The van der Waals surface area contributed by atoms with Gasteiger partial charge in [-0.05, 0) is 24.6 Å². The molecule has 0 aliphatic rings. The molecule has 76 valence electrons. The zero-order valence-corrected chi connectivity index (χ0v) is 8.59. The van der Waals surface area contributed by atoms with Crippen LogP contribution < -0.4 is 0 Å². The summed E-state index contributed by atoms with van der Waals surface area (Å²) >= 11 is 0. The fraction of sp³-hybridized carbons (Fsp3) is 0.333. The van der Waals surface area contributed by atoms with Crippen molar-refractivity contribution in [2.45, 2.75) is 12.8 Å². The summed E-state index contributed by atoms with van der Waals surface area (Å²) < 4.78 is 17.8. The third-order valence-electron chi connectivity index (χ3n) is 2.20. The summed E-state index contributed by atoms with van der Waals surface area (Å²) in [5.41, 5.74) is 2.07. The molecule has 1 atom stereocenters. The van der Waals surface area contributed by atoms with Crippen molar-refractivity contribution in [3.8, 4) is 0 Å². The predicted molar refractivity (Wildman–Crippen MR) is 55.8 cm³/mol. The van der Waals surface area contributed by atoms with Gasteiger partial charge < -0.3 is 4.74 Å². The Balaban J connectivity index is 2.87. The van der Waals surface area contributed by atoms with Gasteiger partial charge in [-0.1, -0.05) is 24.3 Å². The molecule has 0 N–H and O–H groups in total. The van der Waals surface area contributed by atoms with Crippen LogP contribution in [0, 0.1) is 5.82 Å². The summed E-state index contributed by atoms with van der Waals surface area (Å²) in [5.74, 6) is -0.0627. The van der Waals surface area contributed by atoms with Crippen molar-refractivity contribution in [2.24, 2.45) is 0 Å². The normalized spacial score (nSPS) is 12.5. The summed E-state index contributed by atoms with van der Waals surface area (Å²) in [6, 6.07) is 6.46. The lowest BCUT2D eigenvalue weighted by Crippen LogP contribution is -2.07. The molecule has 14 heavy (non-hydrogen) atoms. The smallest absolute Gasteiger partial charge is 0.123 e. The second-order valence-corrected chi connectivity index (χ2v) is 3.41. The monoisotopic (exact) mass is 194 g/mol. The molecule has 0 fully saturated rings. The quantitative estimate of drug-likeness (QED) is 0.669. The van der Waals surface area contributed by atoms with Crippen molar-refractivity contribution in [1.82, 2.24) is 0 Å². The molecule has 0 radical (unpaired) electrons. The lowest BCUT2D eigenvalue weighted by molar-refractivity contribution is 0.188. The maximum absolute atomic E-state index is 12.7. The maximum atomic E-state index is 12.7. The summed E-state index contributed by atoms with van der Waals surface area (Å²) in [7, 11) is 1.65. The third kappa shape index (κ3) is 2.67. The Morgan fingerprint density at radius 3 is 2.43 bits per heavy atom. The first kappa shape index (κ1) is 10.9. The average Bonchev–Trinajstić information content (AvgIpc) is 2.15. The summed E-state index contributed by atoms with van der Waals surface area (Å²) in [4.78, 5) is 0. The molecule has 1 nitrogen and oxygen atoms in total. The highest BCUT2D eigenvalue weighted by Gasteiger charge is 2.11. The van der Waals surface area contributed by atoms with Gasteiger partial charge in [-0.2, -0.15) is 0 Å². The number of methoxy groups -OCH3 is 1.